The molecule has 0 aromatic heterocycles. The summed E-state index contributed by atoms with van der Waals surface area (Å²) in [5.41, 5.74) is 1.61. The number of rotatable bonds is 2. The number of hydrogen-bond acceptors (Lipinski definition) is 0. The van der Waals surface area contributed by atoms with Crippen LogP contribution < -0.4 is 0 Å². The summed E-state index contributed by atoms with van der Waals surface area (Å²) in [4.78, 5) is 0. The molecule has 0 aliphatic carbocycles. The molecule has 4 heteroatoms. The van der Waals surface area contributed by atoms with Crippen LogP contribution in [0.5, 0.6) is 0 Å². The normalized spacial score (nSPS) is 12.5. The minimum absolute atomic E-state index is 0.280. The number of hydrogen-bond donors (Lipinski definition) is 0. The standard InChI is InChI=1S/C13H8BrCl2F/c14-11-3-1-2-10(13(11)16)12(15)8-4-6-9(17)7-5-8/h1-7,12H. The van der Waals surface area contributed by atoms with Gasteiger partial charge in [-0.05, 0) is 45.3 Å². The van der Waals surface area contributed by atoms with Crippen LogP contribution in [0.25, 0.3) is 0 Å². The molecule has 0 amide bonds. The Morgan fingerprint density at radius 2 is 1.71 bits per heavy atom. The Morgan fingerprint density at radius 1 is 1.06 bits per heavy atom. The van der Waals surface area contributed by atoms with E-state index in [1.807, 2.05) is 18.2 Å². The van der Waals surface area contributed by atoms with Crippen LogP contribution in [0.4, 0.5) is 4.39 Å². The lowest BCUT2D eigenvalue weighted by atomic mass is 10.0. The van der Waals surface area contributed by atoms with Gasteiger partial charge in [0.25, 0.3) is 0 Å². The van der Waals surface area contributed by atoms with Crippen LogP contribution >= 0.6 is 39.1 Å². The molecule has 0 aliphatic rings. The maximum atomic E-state index is 12.8. The zero-order valence-electron chi connectivity index (χ0n) is 8.63. The molecule has 0 nitrogen and oxygen atoms in total. The van der Waals surface area contributed by atoms with Crippen LogP contribution in [0.15, 0.2) is 46.9 Å². The van der Waals surface area contributed by atoms with Crippen molar-refractivity contribution in [2.45, 2.75) is 5.38 Å². The SMILES string of the molecule is Fc1ccc(C(Cl)c2cccc(Br)c2Cl)cc1. The summed E-state index contributed by atoms with van der Waals surface area (Å²) in [6.45, 7) is 0. The molecule has 0 radical (unpaired) electrons. The number of alkyl halides is 1. The fraction of sp³-hybridized carbons (Fsp3) is 0.0769. The van der Waals surface area contributed by atoms with Crippen molar-refractivity contribution in [1.29, 1.82) is 0 Å². The van der Waals surface area contributed by atoms with Crippen molar-refractivity contribution < 1.29 is 4.39 Å². The van der Waals surface area contributed by atoms with Gasteiger partial charge in [0.1, 0.15) is 5.82 Å². The van der Waals surface area contributed by atoms with Crippen molar-refractivity contribution in [3.8, 4) is 0 Å². The van der Waals surface area contributed by atoms with Crippen molar-refractivity contribution in [3.05, 3.63) is 68.9 Å². The van der Waals surface area contributed by atoms with E-state index in [1.165, 1.54) is 12.1 Å². The molecule has 0 aliphatic heterocycles. The Kier molecular flexibility index (Phi) is 4.08. The molecule has 0 fully saturated rings. The molecule has 0 heterocycles. The molecule has 17 heavy (non-hydrogen) atoms. The zero-order chi connectivity index (χ0) is 12.4. The van der Waals surface area contributed by atoms with Crippen LogP contribution in [0.1, 0.15) is 16.5 Å². The van der Waals surface area contributed by atoms with Gasteiger partial charge in [0.05, 0.1) is 10.4 Å². The first kappa shape index (κ1) is 12.9. The maximum absolute atomic E-state index is 12.8. The molecule has 2 rings (SSSR count). The van der Waals surface area contributed by atoms with E-state index in [-0.39, 0.29) is 11.2 Å². The summed E-state index contributed by atoms with van der Waals surface area (Å²) in [6.07, 6.45) is 0. The van der Waals surface area contributed by atoms with Crippen LogP contribution in [0, 0.1) is 5.82 Å². The molecule has 1 unspecified atom stereocenters. The molecule has 0 saturated carbocycles. The Morgan fingerprint density at radius 3 is 2.35 bits per heavy atom. The first-order valence-corrected chi connectivity index (χ1v) is 6.54. The predicted molar refractivity (Wildman–Crippen MR) is 73.2 cm³/mol. The predicted octanol–water partition coefficient (Wildman–Crippen LogP) is 5.57. The third-order valence-corrected chi connectivity index (χ3v) is 4.22. The topological polar surface area (TPSA) is 0 Å². The fourth-order valence-electron chi connectivity index (χ4n) is 1.53. The highest BCUT2D eigenvalue weighted by Crippen LogP contribution is 2.36. The van der Waals surface area contributed by atoms with Crippen LogP contribution in [0.3, 0.4) is 0 Å². The third-order valence-electron chi connectivity index (χ3n) is 2.42. The van der Waals surface area contributed by atoms with Gasteiger partial charge in [0.2, 0.25) is 0 Å². The average Bonchev–Trinajstić information content (AvgIpc) is 2.33. The summed E-state index contributed by atoms with van der Waals surface area (Å²) in [7, 11) is 0. The highest BCUT2D eigenvalue weighted by Gasteiger charge is 2.15. The summed E-state index contributed by atoms with van der Waals surface area (Å²) in [5.74, 6) is -0.280. The molecule has 88 valence electrons. The van der Waals surface area contributed by atoms with Gasteiger partial charge in [-0.3, -0.25) is 0 Å². The summed E-state index contributed by atoms with van der Waals surface area (Å²) in [6, 6.07) is 11.7. The van der Waals surface area contributed by atoms with E-state index in [1.54, 1.807) is 12.1 Å². The second-order valence-corrected chi connectivity index (χ2v) is 5.23. The zero-order valence-corrected chi connectivity index (χ0v) is 11.7. The molecule has 0 N–H and O–H groups in total. The van der Waals surface area contributed by atoms with Crippen molar-refractivity contribution >= 4 is 39.1 Å². The van der Waals surface area contributed by atoms with Gasteiger partial charge in [-0.25, -0.2) is 4.39 Å². The van der Waals surface area contributed by atoms with Crippen molar-refractivity contribution in [1.82, 2.24) is 0 Å². The lowest BCUT2D eigenvalue weighted by molar-refractivity contribution is 0.627. The van der Waals surface area contributed by atoms with Gasteiger partial charge in [-0.15, -0.1) is 11.6 Å². The summed E-state index contributed by atoms with van der Waals surface area (Å²) >= 11 is 15.8. The van der Waals surface area contributed by atoms with Gasteiger partial charge >= 0.3 is 0 Å². The Hall–Kier alpha value is -0.570. The molecule has 2 aromatic carbocycles. The van der Waals surface area contributed by atoms with Crippen molar-refractivity contribution in [2.75, 3.05) is 0 Å². The van der Waals surface area contributed by atoms with Crippen molar-refractivity contribution in [2.24, 2.45) is 0 Å². The quantitative estimate of drug-likeness (QED) is 0.630. The molecular formula is C13H8BrCl2F. The molecule has 0 saturated heterocycles. The van der Waals surface area contributed by atoms with Gasteiger partial charge in [-0.1, -0.05) is 35.9 Å². The first-order valence-electron chi connectivity index (χ1n) is 4.93. The van der Waals surface area contributed by atoms with E-state index < -0.39 is 0 Å². The van der Waals surface area contributed by atoms with E-state index in [9.17, 15) is 4.39 Å². The largest absolute Gasteiger partial charge is 0.207 e. The van der Waals surface area contributed by atoms with Gasteiger partial charge in [0.15, 0.2) is 0 Å². The van der Waals surface area contributed by atoms with E-state index in [4.69, 9.17) is 23.2 Å². The van der Waals surface area contributed by atoms with E-state index in [0.717, 1.165) is 15.6 Å². The van der Waals surface area contributed by atoms with E-state index in [0.29, 0.717) is 5.02 Å². The van der Waals surface area contributed by atoms with Crippen LogP contribution in [-0.2, 0) is 0 Å². The highest BCUT2D eigenvalue weighted by molar-refractivity contribution is 9.10. The molecule has 2 aromatic rings. The molecule has 0 spiro atoms. The first-order chi connectivity index (χ1) is 8.09. The lowest BCUT2D eigenvalue weighted by Gasteiger charge is -2.13. The Bertz CT molecular complexity index is 525. The van der Waals surface area contributed by atoms with Gasteiger partial charge in [-0.2, -0.15) is 0 Å². The molecule has 1 atom stereocenters. The fourth-order valence-corrected chi connectivity index (χ4v) is 2.53. The Balaban J connectivity index is 2.40. The van der Waals surface area contributed by atoms with Gasteiger partial charge < -0.3 is 0 Å². The smallest absolute Gasteiger partial charge is 0.123 e. The summed E-state index contributed by atoms with van der Waals surface area (Å²) in [5, 5.41) is 0.192. The van der Waals surface area contributed by atoms with Crippen LogP contribution in [-0.4, -0.2) is 0 Å². The van der Waals surface area contributed by atoms with Crippen molar-refractivity contribution in [3.63, 3.8) is 0 Å². The summed E-state index contributed by atoms with van der Waals surface area (Å²) < 4.78 is 13.6. The number of benzene rings is 2. The minimum Gasteiger partial charge on any atom is -0.207 e. The molecule has 0 bridgehead atoms. The van der Waals surface area contributed by atoms with E-state index >= 15 is 0 Å². The number of halogens is 4. The molecular weight excluding hydrogens is 326 g/mol. The minimum atomic E-state index is -0.388. The third kappa shape index (κ3) is 2.82. The lowest BCUT2D eigenvalue weighted by Crippen LogP contribution is -1.95. The second-order valence-electron chi connectivity index (χ2n) is 3.56. The monoisotopic (exact) mass is 332 g/mol. The Labute approximate surface area is 117 Å². The highest BCUT2D eigenvalue weighted by atomic mass is 79.9. The van der Waals surface area contributed by atoms with Crippen LogP contribution in [0.2, 0.25) is 5.02 Å². The average molecular weight is 334 g/mol. The maximum Gasteiger partial charge on any atom is 0.123 e. The van der Waals surface area contributed by atoms with E-state index in [2.05, 4.69) is 15.9 Å². The second kappa shape index (κ2) is 5.38. The van der Waals surface area contributed by atoms with Gasteiger partial charge in [0, 0.05) is 4.47 Å².